The number of benzene rings is 3. The molecule has 0 aliphatic heterocycles. The smallest absolute Gasteiger partial charge is 0.232 e. The zero-order chi connectivity index (χ0) is 33.4. The summed E-state index contributed by atoms with van der Waals surface area (Å²) in [7, 11) is 0. The van der Waals surface area contributed by atoms with E-state index in [4.69, 9.17) is 25.0 Å². The van der Waals surface area contributed by atoms with Crippen molar-refractivity contribution in [1.82, 2.24) is 0 Å². The summed E-state index contributed by atoms with van der Waals surface area (Å²) < 4.78 is 59.5. The monoisotopic (exact) mass is 604 g/mol. The van der Waals surface area contributed by atoms with Crippen LogP contribution in [0.1, 0.15) is 38.9 Å². The fraction of sp³-hybridized carbons (Fsp3) is 0.0588. The fourth-order valence-corrected chi connectivity index (χ4v) is 5.84. The highest BCUT2D eigenvalue weighted by Gasteiger charge is 2.36. The van der Waals surface area contributed by atoms with Crippen LogP contribution >= 0.6 is 0 Å². The van der Waals surface area contributed by atoms with Gasteiger partial charge in [-0.1, -0.05) is 0 Å². The normalized spacial score (nSPS) is 12.3. The summed E-state index contributed by atoms with van der Waals surface area (Å²) in [6.45, 7) is 22.2. The second kappa shape index (κ2) is 11.3. The first-order valence-corrected chi connectivity index (χ1v) is 12.7. The zero-order valence-corrected chi connectivity index (χ0v) is 22.8. The van der Waals surface area contributed by atoms with Crippen molar-refractivity contribution < 1.29 is 17.6 Å². The SMILES string of the molecule is [C-]#[N+]C([N+]#[C-])=C1Cc2c(C#N)c3c(c(C#N)c2=C1c1cc(F)c([N+]#[C-])c(F)c1)CC(=C(C#N)C#N)C=3c1cc(F)c(C#N)c(F)c1. The molecule has 0 spiro atoms. The van der Waals surface area contributed by atoms with Crippen LogP contribution in [-0.2, 0) is 12.8 Å². The number of nitrogens with zero attached hydrogens (tertiary/aromatic N) is 8. The van der Waals surface area contributed by atoms with E-state index in [1.54, 1.807) is 12.1 Å². The maximum absolute atomic E-state index is 14.9. The molecule has 0 unspecified atom stereocenters. The Morgan fingerprint density at radius 2 is 1.02 bits per heavy atom. The molecule has 46 heavy (non-hydrogen) atoms. The lowest BCUT2D eigenvalue weighted by molar-refractivity contribution is 0.576. The molecule has 0 saturated carbocycles. The first kappa shape index (κ1) is 30.0. The Morgan fingerprint density at radius 3 is 1.41 bits per heavy atom. The van der Waals surface area contributed by atoms with E-state index in [0.29, 0.717) is 0 Å². The molecular weight excluding hydrogens is 596 g/mol. The van der Waals surface area contributed by atoms with Crippen molar-refractivity contribution in [2.75, 3.05) is 0 Å². The number of fused-ring (bicyclic) bond motifs is 2. The van der Waals surface area contributed by atoms with Crippen LogP contribution in [0.25, 0.3) is 25.7 Å². The lowest BCUT2D eigenvalue weighted by Gasteiger charge is -2.10. The van der Waals surface area contributed by atoms with E-state index < -0.39 is 45.9 Å². The van der Waals surface area contributed by atoms with Gasteiger partial charge >= 0.3 is 5.82 Å². The van der Waals surface area contributed by atoms with E-state index in [-0.39, 0.29) is 79.0 Å². The molecule has 212 valence electrons. The molecule has 0 N–H and O–H groups in total. The molecule has 3 aromatic carbocycles. The predicted octanol–water partition coefficient (Wildman–Crippen LogP) is 5.31. The molecule has 0 aromatic heterocycles. The van der Waals surface area contributed by atoms with Gasteiger partial charge in [0.25, 0.3) is 5.69 Å². The van der Waals surface area contributed by atoms with Crippen molar-refractivity contribution in [1.29, 1.82) is 26.3 Å². The first-order valence-electron chi connectivity index (χ1n) is 12.7. The number of halogens is 4. The first-order chi connectivity index (χ1) is 22.1. The maximum atomic E-state index is 14.9. The van der Waals surface area contributed by atoms with Crippen molar-refractivity contribution in [2.24, 2.45) is 0 Å². The summed E-state index contributed by atoms with van der Waals surface area (Å²) in [6.07, 6.45) is -0.714. The van der Waals surface area contributed by atoms with Crippen LogP contribution in [0.2, 0.25) is 0 Å². The highest BCUT2D eigenvalue weighted by molar-refractivity contribution is 5.91. The molecule has 12 heteroatoms. The molecule has 8 nitrogen and oxygen atoms in total. The molecule has 0 radical (unpaired) electrons. The third-order valence-electron chi connectivity index (χ3n) is 7.61. The van der Waals surface area contributed by atoms with E-state index in [0.717, 1.165) is 24.3 Å². The summed E-state index contributed by atoms with van der Waals surface area (Å²) in [5.74, 6) is -5.56. The van der Waals surface area contributed by atoms with Crippen LogP contribution in [0.3, 0.4) is 0 Å². The van der Waals surface area contributed by atoms with Crippen LogP contribution in [-0.4, -0.2) is 0 Å². The van der Waals surface area contributed by atoms with Crippen LogP contribution in [0.4, 0.5) is 23.2 Å². The predicted molar refractivity (Wildman–Crippen MR) is 150 cm³/mol. The molecule has 0 fully saturated rings. The number of allylic oxidation sites excluding steroid dienone is 3. The topological polar surface area (TPSA) is 132 Å². The summed E-state index contributed by atoms with van der Waals surface area (Å²) in [5, 5.41) is 49.6. The van der Waals surface area contributed by atoms with Gasteiger partial charge in [0.15, 0.2) is 0 Å². The average molecular weight is 604 g/mol. The quantitative estimate of drug-likeness (QED) is 0.222. The van der Waals surface area contributed by atoms with E-state index in [1.807, 2.05) is 12.1 Å². The molecule has 0 heterocycles. The van der Waals surface area contributed by atoms with E-state index in [9.17, 15) is 38.6 Å². The van der Waals surface area contributed by atoms with Crippen LogP contribution in [0, 0.1) is 99.6 Å². The third kappa shape index (κ3) is 4.22. The summed E-state index contributed by atoms with van der Waals surface area (Å²) in [4.78, 5) is 9.29. The van der Waals surface area contributed by atoms with Crippen molar-refractivity contribution in [3.63, 3.8) is 0 Å². The van der Waals surface area contributed by atoms with Crippen LogP contribution in [0.5, 0.6) is 0 Å². The van der Waals surface area contributed by atoms with Gasteiger partial charge in [-0.25, -0.2) is 22.4 Å². The van der Waals surface area contributed by atoms with Crippen LogP contribution in [0.15, 0.2) is 46.8 Å². The van der Waals surface area contributed by atoms with Gasteiger partial charge in [0, 0.05) is 16.9 Å². The van der Waals surface area contributed by atoms with Crippen molar-refractivity contribution >= 4 is 16.8 Å². The molecular formula is C34H8F4N8. The highest BCUT2D eigenvalue weighted by atomic mass is 19.1. The Balaban J connectivity index is 2.11. The Labute approximate surface area is 257 Å². The van der Waals surface area contributed by atoms with Gasteiger partial charge in [-0.3, -0.25) is 0 Å². The van der Waals surface area contributed by atoms with Crippen molar-refractivity contribution in [3.05, 3.63) is 154 Å². The van der Waals surface area contributed by atoms with Crippen LogP contribution < -0.4 is 10.4 Å². The lowest BCUT2D eigenvalue weighted by atomic mass is 9.92. The van der Waals surface area contributed by atoms with E-state index >= 15 is 0 Å². The Kier molecular flexibility index (Phi) is 7.37. The summed E-state index contributed by atoms with van der Waals surface area (Å²) in [5.41, 5.74) is -3.45. The summed E-state index contributed by atoms with van der Waals surface area (Å²) in [6, 6.07) is 12.0. The second-order valence-electron chi connectivity index (χ2n) is 9.71. The molecule has 0 bridgehead atoms. The molecule has 0 saturated heterocycles. The number of hydrogen-bond acceptors (Lipinski definition) is 5. The fourth-order valence-electron chi connectivity index (χ4n) is 5.84. The van der Waals surface area contributed by atoms with Gasteiger partial charge < -0.3 is 0 Å². The van der Waals surface area contributed by atoms with Gasteiger partial charge in [-0.05, 0) is 69.7 Å². The van der Waals surface area contributed by atoms with Crippen molar-refractivity contribution in [2.45, 2.75) is 12.8 Å². The third-order valence-corrected chi connectivity index (χ3v) is 7.61. The van der Waals surface area contributed by atoms with E-state index in [1.165, 1.54) is 6.07 Å². The molecule has 0 amide bonds. The summed E-state index contributed by atoms with van der Waals surface area (Å²) >= 11 is 0. The minimum atomic E-state index is -1.26. The Morgan fingerprint density at radius 1 is 0.609 bits per heavy atom. The van der Waals surface area contributed by atoms with Gasteiger partial charge in [-0.2, -0.15) is 36.0 Å². The minimum Gasteiger partial charge on any atom is -0.232 e. The minimum absolute atomic E-state index is 0.0415. The van der Waals surface area contributed by atoms with Gasteiger partial charge in [0.05, 0.1) is 23.3 Å². The molecule has 2 aliphatic rings. The molecule has 5 rings (SSSR count). The largest absolute Gasteiger partial charge is 0.523 e. The lowest BCUT2D eigenvalue weighted by Crippen LogP contribution is -2.26. The second-order valence-corrected chi connectivity index (χ2v) is 9.71. The molecule has 0 atom stereocenters. The number of rotatable bonds is 2. The Bertz CT molecular complexity index is 2300. The van der Waals surface area contributed by atoms with Gasteiger partial charge in [0.2, 0.25) is 0 Å². The Hall–Kier alpha value is -7.48. The average Bonchev–Trinajstić information content (AvgIpc) is 3.60. The number of nitriles is 5. The molecule has 2 aliphatic carbocycles. The standard InChI is InChI=1S/C34H8F4N8/c1-44-33-27(37)6-16(7-28(33)38)30-21(34(45-2)46-3)9-20-23(13-42)31-19(22(12-41)32(20)30)8-18(17(10-39)11-40)29(31)15-4-25(35)24(14-43)26(36)5-15/h4-7H,8-9H2. The van der Waals surface area contributed by atoms with Gasteiger partial charge in [-0.15, -0.1) is 0 Å². The van der Waals surface area contributed by atoms with Gasteiger partial charge in [0.1, 0.15) is 77.9 Å². The maximum Gasteiger partial charge on any atom is 0.523 e. The van der Waals surface area contributed by atoms with Crippen molar-refractivity contribution in [3.8, 4) is 30.3 Å². The molecule has 3 aromatic rings. The number of hydrogen-bond donors (Lipinski definition) is 0. The zero-order valence-electron chi connectivity index (χ0n) is 22.8. The van der Waals surface area contributed by atoms with E-state index in [2.05, 4.69) is 14.5 Å². The highest BCUT2D eigenvalue weighted by Crippen LogP contribution is 2.39.